The molecular weight excluding hydrogens is 877 g/mol. The average molecular weight is 921 g/mol. The third-order valence-electron chi connectivity index (χ3n) is 11.2. The van der Waals surface area contributed by atoms with Crippen LogP contribution in [0.1, 0.15) is 42.8 Å². The van der Waals surface area contributed by atoms with E-state index in [0.29, 0.717) is 10.1 Å². The molecule has 8 rings (SSSR count). The molecule has 2 aromatic heterocycles. The van der Waals surface area contributed by atoms with Crippen molar-refractivity contribution in [1.82, 2.24) is 31.2 Å². The SMILES string of the molecule is CCC1(C(N(c2ccc(OCc3cc(C)nc4ccccc34)cc2)S(=O)(=O)CC2(C)NC(=O)NC2=O)S(=O)(=O)Nc2ccc(OCc3cc(C)nc4ccccc34)cc2)NC(=O)NC1=O. The number of carbonyl (C=O) groups is 4. The van der Waals surface area contributed by atoms with Gasteiger partial charge >= 0.3 is 12.1 Å². The number of hydrogen-bond acceptors (Lipinski definition) is 12. The fraction of sp³-hybridized carbons (Fsp3) is 0.244. The van der Waals surface area contributed by atoms with Crippen LogP contribution in [-0.2, 0) is 42.8 Å². The number of amides is 6. The summed E-state index contributed by atoms with van der Waals surface area (Å²) in [6.45, 7) is 6.56. The Morgan fingerprint density at radius 2 is 1.17 bits per heavy atom. The smallest absolute Gasteiger partial charge is 0.322 e. The minimum atomic E-state index is -5.12. The predicted molar refractivity (Wildman–Crippen MR) is 242 cm³/mol. The van der Waals surface area contributed by atoms with Crippen LogP contribution in [-0.4, -0.2) is 72.9 Å². The number of rotatable bonds is 16. The van der Waals surface area contributed by atoms with Crippen LogP contribution >= 0.6 is 0 Å². The summed E-state index contributed by atoms with van der Waals surface area (Å²) in [4.78, 5) is 61.2. The zero-order chi connectivity index (χ0) is 46.3. The lowest BCUT2D eigenvalue weighted by Crippen LogP contribution is -2.68. The Kier molecular flexibility index (Phi) is 11.6. The third kappa shape index (κ3) is 8.81. The van der Waals surface area contributed by atoms with Crippen LogP contribution in [0.5, 0.6) is 11.5 Å². The molecule has 0 spiro atoms. The molecule has 336 valence electrons. The first-order chi connectivity index (χ1) is 30.9. The maximum absolute atomic E-state index is 15.0. The Morgan fingerprint density at radius 1 is 0.677 bits per heavy atom. The van der Waals surface area contributed by atoms with Crippen molar-refractivity contribution in [2.24, 2.45) is 0 Å². The van der Waals surface area contributed by atoms with Gasteiger partial charge in [0.05, 0.1) is 16.7 Å². The van der Waals surface area contributed by atoms with Crippen molar-refractivity contribution < 1.29 is 45.5 Å². The highest BCUT2D eigenvalue weighted by molar-refractivity contribution is 7.97. The molecule has 18 nitrogen and oxygen atoms in total. The molecule has 3 unspecified atom stereocenters. The first-order valence-corrected chi connectivity index (χ1v) is 23.5. The minimum Gasteiger partial charge on any atom is -0.489 e. The van der Waals surface area contributed by atoms with Gasteiger partial charge in [0.15, 0.2) is 10.9 Å². The van der Waals surface area contributed by atoms with Crippen LogP contribution in [0, 0.1) is 13.8 Å². The van der Waals surface area contributed by atoms with E-state index in [1.807, 2.05) is 79.8 Å². The van der Waals surface area contributed by atoms with Gasteiger partial charge < -0.3 is 20.1 Å². The molecule has 6 aromatic rings. The van der Waals surface area contributed by atoms with Crippen LogP contribution in [0.25, 0.3) is 21.8 Å². The quantitative estimate of drug-likeness (QED) is 0.0802. The van der Waals surface area contributed by atoms with Crippen LogP contribution in [0.2, 0.25) is 0 Å². The molecule has 2 saturated heterocycles. The highest BCUT2D eigenvalue weighted by atomic mass is 32.2. The van der Waals surface area contributed by atoms with Gasteiger partial charge in [0, 0.05) is 39.0 Å². The minimum absolute atomic E-state index is 0.0436. The van der Waals surface area contributed by atoms with Crippen molar-refractivity contribution in [3.63, 3.8) is 0 Å². The number of benzene rings is 4. The number of nitrogens with one attached hydrogen (secondary N) is 5. The van der Waals surface area contributed by atoms with E-state index < -0.39 is 72.5 Å². The number of imide groups is 2. The van der Waals surface area contributed by atoms with E-state index in [4.69, 9.17) is 9.47 Å². The molecule has 6 amide bonds. The zero-order valence-corrected chi connectivity index (χ0v) is 37.2. The van der Waals surface area contributed by atoms with Crippen molar-refractivity contribution in [1.29, 1.82) is 0 Å². The van der Waals surface area contributed by atoms with Crippen LogP contribution in [0.15, 0.2) is 109 Å². The van der Waals surface area contributed by atoms with Crippen molar-refractivity contribution in [3.05, 3.63) is 132 Å². The fourth-order valence-corrected chi connectivity index (χ4v) is 12.7. The van der Waals surface area contributed by atoms with E-state index in [9.17, 15) is 27.6 Å². The number of aryl methyl sites for hydroxylation is 2. The zero-order valence-electron chi connectivity index (χ0n) is 35.5. The maximum atomic E-state index is 15.0. The Balaban J connectivity index is 1.15. The van der Waals surface area contributed by atoms with Gasteiger partial charge in [0.25, 0.3) is 21.8 Å². The molecule has 20 heteroatoms. The largest absolute Gasteiger partial charge is 0.489 e. The normalized spacial score (nSPS) is 19.0. The summed E-state index contributed by atoms with van der Waals surface area (Å²) in [6.07, 6.45) is -0.424. The lowest BCUT2D eigenvalue weighted by Gasteiger charge is -2.41. The number of aromatic nitrogens is 2. The van der Waals surface area contributed by atoms with Gasteiger partial charge in [0.1, 0.15) is 36.0 Å². The number of ether oxygens (including phenoxy) is 2. The molecule has 0 bridgehead atoms. The van der Waals surface area contributed by atoms with E-state index in [-0.39, 0.29) is 30.3 Å². The average Bonchev–Trinajstić information content (AvgIpc) is 3.70. The summed E-state index contributed by atoms with van der Waals surface area (Å²) < 4.78 is 75.1. The predicted octanol–water partition coefficient (Wildman–Crippen LogP) is 5.05. The standard InChI is InChI=1S/C45H44N8O10S2/c1-5-45(40(55)49-43(57)51-45)41(65(60,61)52-31-14-18-33(19-15-31)62-24-29-22-27(2)46-37-12-8-6-10-35(29)37)53(64(58,59)26-44(4)39(54)48-42(56)50-44)32-16-20-34(21-17-32)63-25-30-23-28(3)47-38-13-9-7-11-36(30)38/h6-23,41,52H,5,24-26H2,1-4H3,(H2,48,50,54,56)(H2,49,51,55,57). The summed E-state index contributed by atoms with van der Waals surface area (Å²) in [5.74, 6) is -2.63. The molecule has 65 heavy (non-hydrogen) atoms. The van der Waals surface area contributed by atoms with Gasteiger partial charge in [0.2, 0.25) is 10.0 Å². The van der Waals surface area contributed by atoms with E-state index in [1.165, 1.54) is 55.5 Å². The summed E-state index contributed by atoms with van der Waals surface area (Å²) in [6, 6.07) is 28.1. The topological polar surface area (TPSA) is 244 Å². The highest BCUT2D eigenvalue weighted by Gasteiger charge is 2.61. The number of urea groups is 2. The Labute approximate surface area is 374 Å². The number of pyridine rings is 2. The molecular formula is C45H44N8O10S2. The van der Waals surface area contributed by atoms with Gasteiger partial charge in [-0.15, -0.1) is 0 Å². The molecule has 2 fully saturated rings. The summed E-state index contributed by atoms with van der Waals surface area (Å²) >= 11 is 0. The fourth-order valence-electron chi connectivity index (χ4n) is 8.13. The van der Waals surface area contributed by atoms with Gasteiger partial charge in [-0.05, 0) is 100.0 Å². The molecule has 2 aliphatic rings. The van der Waals surface area contributed by atoms with Gasteiger partial charge in [-0.2, -0.15) is 0 Å². The first-order valence-electron chi connectivity index (χ1n) is 20.4. The molecule has 0 radical (unpaired) electrons. The van der Waals surface area contributed by atoms with E-state index in [1.54, 1.807) is 0 Å². The van der Waals surface area contributed by atoms with Crippen molar-refractivity contribution in [2.45, 2.75) is 63.8 Å². The van der Waals surface area contributed by atoms with Crippen molar-refractivity contribution in [2.75, 3.05) is 14.8 Å². The second kappa shape index (κ2) is 17.0. The Bertz CT molecular complexity index is 3120. The summed E-state index contributed by atoms with van der Waals surface area (Å²) in [5.41, 5.74) is -0.00330. The molecule has 2 aliphatic heterocycles. The Morgan fingerprint density at radius 3 is 1.65 bits per heavy atom. The number of para-hydroxylation sites is 2. The van der Waals surface area contributed by atoms with Crippen LogP contribution in [0.4, 0.5) is 21.0 Å². The number of fused-ring (bicyclic) bond motifs is 2. The van der Waals surface area contributed by atoms with Gasteiger partial charge in [-0.1, -0.05) is 43.3 Å². The van der Waals surface area contributed by atoms with Crippen LogP contribution < -0.4 is 39.8 Å². The lowest BCUT2D eigenvalue weighted by molar-refractivity contribution is -0.124. The Hall–Kier alpha value is -7.32. The summed E-state index contributed by atoms with van der Waals surface area (Å²) in [5, 5.41) is 8.10. The molecule has 3 atom stereocenters. The lowest BCUT2D eigenvalue weighted by atomic mass is 9.95. The first kappa shape index (κ1) is 44.3. The van der Waals surface area contributed by atoms with Crippen molar-refractivity contribution in [3.8, 4) is 11.5 Å². The molecule has 5 N–H and O–H groups in total. The monoisotopic (exact) mass is 920 g/mol. The van der Waals surface area contributed by atoms with Gasteiger partial charge in [-0.25, -0.2) is 30.7 Å². The van der Waals surface area contributed by atoms with E-state index >= 15 is 8.42 Å². The van der Waals surface area contributed by atoms with Crippen molar-refractivity contribution >= 4 is 77.1 Å². The highest BCUT2D eigenvalue weighted by Crippen LogP contribution is 2.37. The summed E-state index contributed by atoms with van der Waals surface area (Å²) in [7, 11) is -10.2. The number of anilines is 2. The second-order valence-electron chi connectivity index (χ2n) is 16.0. The molecule has 4 aromatic carbocycles. The van der Waals surface area contributed by atoms with E-state index in [0.717, 1.165) is 51.2 Å². The molecule has 4 heterocycles. The van der Waals surface area contributed by atoms with E-state index in [2.05, 4.69) is 30.6 Å². The van der Waals surface area contributed by atoms with Gasteiger partial charge in [-0.3, -0.25) is 34.9 Å². The molecule has 0 saturated carbocycles. The number of hydrogen-bond donors (Lipinski definition) is 5. The number of nitrogens with zero attached hydrogens (tertiary/aromatic N) is 3. The number of sulfonamides is 2. The number of carbonyl (C=O) groups excluding carboxylic acids is 4. The maximum Gasteiger partial charge on any atom is 0.322 e. The third-order valence-corrected chi connectivity index (χ3v) is 15.0. The second-order valence-corrected chi connectivity index (χ2v) is 19.6. The molecule has 0 aliphatic carbocycles. The van der Waals surface area contributed by atoms with Crippen LogP contribution in [0.3, 0.4) is 0 Å².